The van der Waals surface area contributed by atoms with Crippen LogP contribution in [0.2, 0.25) is 10.0 Å². The number of benzene rings is 2. The summed E-state index contributed by atoms with van der Waals surface area (Å²) in [4.78, 5) is 2.06. The summed E-state index contributed by atoms with van der Waals surface area (Å²) in [5.74, 6) is 0.757. The third kappa shape index (κ3) is 4.43. The zero-order valence-electron chi connectivity index (χ0n) is 15.0. The standard InChI is InChI=1S/C11H13Cl2NO.C7H8O3S/c1-4-14-7(3)15-11-9(14)5-8(12)6(2)10(11)13;1-6-2-4-7(5-3-6)11(8,9)10/h5,7H,4H2,1-3H3;2-5H,1H3,(H,8,9,10). The highest BCUT2D eigenvalue weighted by atomic mass is 35.5. The minimum atomic E-state index is -4.02. The molecule has 2 aromatic rings. The predicted octanol–water partition coefficient (Wildman–Crippen LogP) is 5.11. The smallest absolute Gasteiger partial charge is 0.294 e. The van der Waals surface area contributed by atoms with E-state index in [1.54, 1.807) is 12.1 Å². The lowest BCUT2D eigenvalue weighted by Crippen LogP contribution is -2.31. The van der Waals surface area contributed by atoms with Crippen molar-refractivity contribution in [1.29, 1.82) is 0 Å². The Balaban J connectivity index is 0.000000197. The van der Waals surface area contributed by atoms with E-state index in [1.165, 1.54) is 12.1 Å². The van der Waals surface area contributed by atoms with Gasteiger partial charge in [-0.25, -0.2) is 0 Å². The van der Waals surface area contributed by atoms with E-state index in [4.69, 9.17) is 32.5 Å². The van der Waals surface area contributed by atoms with Crippen molar-refractivity contribution < 1.29 is 17.7 Å². The monoisotopic (exact) mass is 417 g/mol. The number of hydrogen-bond donors (Lipinski definition) is 1. The molecule has 3 rings (SSSR count). The molecule has 1 atom stereocenters. The predicted molar refractivity (Wildman–Crippen MR) is 105 cm³/mol. The molecule has 0 radical (unpaired) electrons. The van der Waals surface area contributed by atoms with Gasteiger partial charge in [0.25, 0.3) is 10.1 Å². The number of halogens is 2. The Morgan fingerprint density at radius 3 is 2.27 bits per heavy atom. The fourth-order valence-corrected chi connectivity index (χ4v) is 3.54. The first-order chi connectivity index (χ1) is 12.1. The first-order valence-electron chi connectivity index (χ1n) is 8.02. The van der Waals surface area contributed by atoms with Gasteiger partial charge in [-0.05, 0) is 51.5 Å². The molecule has 1 unspecified atom stereocenters. The maximum atomic E-state index is 10.5. The Morgan fingerprint density at radius 1 is 1.19 bits per heavy atom. The molecule has 0 spiro atoms. The SMILES string of the molecule is CCN1c2cc(Cl)c(C)c(Cl)c2OC1C.Cc1ccc(S(=O)(=O)O)cc1. The molecule has 1 N–H and O–H groups in total. The molecule has 1 aliphatic heterocycles. The molecule has 0 aliphatic carbocycles. The van der Waals surface area contributed by atoms with Crippen molar-refractivity contribution in [3.8, 4) is 5.75 Å². The highest BCUT2D eigenvalue weighted by molar-refractivity contribution is 7.85. The third-order valence-electron chi connectivity index (χ3n) is 4.08. The van der Waals surface area contributed by atoms with E-state index in [1.807, 2.05) is 26.8 Å². The van der Waals surface area contributed by atoms with E-state index in [2.05, 4.69) is 11.8 Å². The molecule has 8 heteroatoms. The topological polar surface area (TPSA) is 66.8 Å². The van der Waals surface area contributed by atoms with Crippen molar-refractivity contribution in [1.82, 2.24) is 0 Å². The number of hydrogen-bond acceptors (Lipinski definition) is 4. The Morgan fingerprint density at radius 2 is 1.77 bits per heavy atom. The van der Waals surface area contributed by atoms with Gasteiger partial charge in [-0.1, -0.05) is 40.9 Å². The average molecular weight is 418 g/mol. The Labute approximate surface area is 164 Å². The van der Waals surface area contributed by atoms with E-state index >= 15 is 0 Å². The van der Waals surface area contributed by atoms with Crippen LogP contribution < -0.4 is 9.64 Å². The van der Waals surface area contributed by atoms with Crippen LogP contribution in [0.1, 0.15) is 25.0 Å². The van der Waals surface area contributed by atoms with Gasteiger partial charge in [0.2, 0.25) is 0 Å². The fourth-order valence-electron chi connectivity index (χ4n) is 2.57. The molecule has 2 aromatic carbocycles. The van der Waals surface area contributed by atoms with Gasteiger partial charge in [-0.3, -0.25) is 4.55 Å². The van der Waals surface area contributed by atoms with Crippen LogP contribution in [0.25, 0.3) is 0 Å². The molecule has 5 nitrogen and oxygen atoms in total. The highest BCUT2D eigenvalue weighted by Crippen LogP contribution is 2.46. The molecule has 142 valence electrons. The van der Waals surface area contributed by atoms with Crippen molar-refractivity contribution in [2.75, 3.05) is 11.4 Å². The lowest BCUT2D eigenvalue weighted by molar-refractivity contribution is 0.246. The quantitative estimate of drug-likeness (QED) is 0.687. The van der Waals surface area contributed by atoms with Crippen LogP contribution in [0.5, 0.6) is 5.75 Å². The van der Waals surface area contributed by atoms with Crippen molar-refractivity contribution in [3.05, 3.63) is 51.5 Å². The van der Waals surface area contributed by atoms with Crippen molar-refractivity contribution in [2.45, 2.75) is 38.8 Å². The van der Waals surface area contributed by atoms with Crippen LogP contribution in [-0.4, -0.2) is 25.7 Å². The van der Waals surface area contributed by atoms with Crippen molar-refractivity contribution >= 4 is 39.0 Å². The van der Waals surface area contributed by atoms with Crippen LogP contribution in [0.3, 0.4) is 0 Å². The molecule has 0 bridgehead atoms. The number of anilines is 1. The number of ether oxygens (including phenoxy) is 1. The van der Waals surface area contributed by atoms with Gasteiger partial charge in [0, 0.05) is 11.6 Å². The van der Waals surface area contributed by atoms with Crippen LogP contribution in [0, 0.1) is 13.8 Å². The third-order valence-corrected chi connectivity index (χ3v) is 5.79. The number of fused-ring (bicyclic) bond motifs is 1. The summed E-state index contributed by atoms with van der Waals surface area (Å²) in [6.45, 7) is 8.70. The normalized spacial score (nSPS) is 15.8. The molecule has 0 fully saturated rings. The van der Waals surface area contributed by atoms with Gasteiger partial charge in [-0.15, -0.1) is 0 Å². The van der Waals surface area contributed by atoms with Gasteiger partial charge < -0.3 is 9.64 Å². The maximum Gasteiger partial charge on any atom is 0.294 e. The molecule has 0 saturated heterocycles. The molecular weight excluding hydrogens is 397 g/mol. The maximum absolute atomic E-state index is 10.5. The summed E-state index contributed by atoms with van der Waals surface area (Å²) < 4.78 is 35.3. The van der Waals surface area contributed by atoms with Crippen LogP contribution in [0.4, 0.5) is 5.69 Å². The number of nitrogens with zero attached hydrogens (tertiary/aromatic N) is 1. The second-order valence-corrected chi connectivity index (χ2v) is 8.14. The lowest BCUT2D eigenvalue weighted by Gasteiger charge is -2.19. The summed E-state index contributed by atoms with van der Waals surface area (Å²) in [6.07, 6.45) is 0.0281. The molecule has 1 aliphatic rings. The van der Waals surface area contributed by atoms with Crippen molar-refractivity contribution in [3.63, 3.8) is 0 Å². The van der Waals surface area contributed by atoms with E-state index < -0.39 is 10.1 Å². The second kappa shape index (κ2) is 8.05. The molecule has 1 heterocycles. The van der Waals surface area contributed by atoms with Gasteiger partial charge >= 0.3 is 0 Å². The molecule has 26 heavy (non-hydrogen) atoms. The summed E-state index contributed by atoms with van der Waals surface area (Å²) in [7, 11) is -4.02. The Hall–Kier alpha value is -1.47. The summed E-state index contributed by atoms with van der Waals surface area (Å²) in [5, 5.41) is 1.32. The Kier molecular flexibility index (Phi) is 6.45. The number of aryl methyl sites for hydroxylation is 1. The molecular formula is C18H21Cl2NO4S. The molecule has 0 amide bonds. The number of rotatable bonds is 2. The lowest BCUT2D eigenvalue weighted by atomic mass is 10.2. The summed E-state index contributed by atoms with van der Waals surface area (Å²) >= 11 is 12.3. The van der Waals surface area contributed by atoms with Gasteiger partial charge in [0.1, 0.15) is 0 Å². The highest BCUT2D eigenvalue weighted by Gasteiger charge is 2.29. The molecule has 0 saturated carbocycles. The van der Waals surface area contributed by atoms with Gasteiger partial charge in [0.05, 0.1) is 15.6 Å². The minimum absolute atomic E-state index is 0.0281. The first kappa shape index (κ1) is 20.8. The van der Waals surface area contributed by atoms with E-state index in [-0.39, 0.29) is 11.1 Å². The minimum Gasteiger partial charge on any atom is -0.467 e. The van der Waals surface area contributed by atoms with Gasteiger partial charge in [0.15, 0.2) is 12.0 Å². The zero-order valence-corrected chi connectivity index (χ0v) is 17.3. The largest absolute Gasteiger partial charge is 0.467 e. The van der Waals surface area contributed by atoms with Crippen LogP contribution >= 0.6 is 23.2 Å². The van der Waals surface area contributed by atoms with E-state index in [9.17, 15) is 8.42 Å². The zero-order chi connectivity index (χ0) is 19.6. The second-order valence-electron chi connectivity index (χ2n) is 5.94. The molecule has 0 aromatic heterocycles. The summed E-state index contributed by atoms with van der Waals surface area (Å²) in [5.41, 5.74) is 2.82. The van der Waals surface area contributed by atoms with E-state index in [0.717, 1.165) is 29.1 Å². The van der Waals surface area contributed by atoms with Crippen LogP contribution in [0.15, 0.2) is 35.2 Å². The van der Waals surface area contributed by atoms with Gasteiger partial charge in [-0.2, -0.15) is 8.42 Å². The van der Waals surface area contributed by atoms with Crippen LogP contribution in [-0.2, 0) is 10.1 Å². The van der Waals surface area contributed by atoms with Crippen molar-refractivity contribution in [2.24, 2.45) is 0 Å². The summed E-state index contributed by atoms with van der Waals surface area (Å²) in [6, 6.07) is 7.91. The average Bonchev–Trinajstić information content (AvgIpc) is 2.88. The van der Waals surface area contributed by atoms with E-state index in [0.29, 0.717) is 10.0 Å². The first-order valence-corrected chi connectivity index (χ1v) is 10.2. The Bertz CT molecular complexity index is 898. The fraction of sp³-hybridized carbons (Fsp3) is 0.333.